The molecule has 3 rings (SSSR count). The third-order valence-corrected chi connectivity index (χ3v) is 3.95. The van der Waals surface area contributed by atoms with Crippen molar-refractivity contribution in [3.05, 3.63) is 90.0 Å². The molecule has 2 amide bonds. The number of benzene rings is 3. The third kappa shape index (κ3) is 5.62. The zero-order chi connectivity index (χ0) is 20.6. The molecule has 5 nitrogen and oxygen atoms in total. The van der Waals surface area contributed by atoms with E-state index in [2.05, 4.69) is 10.6 Å². The molecule has 7 heteroatoms. The molecule has 0 saturated carbocycles. The fourth-order valence-electron chi connectivity index (χ4n) is 2.55. The van der Waals surface area contributed by atoms with E-state index in [1.165, 1.54) is 0 Å². The Balaban J connectivity index is 1.54. The van der Waals surface area contributed by atoms with Crippen molar-refractivity contribution in [2.75, 3.05) is 11.9 Å². The number of carbonyl (C=O) groups is 2. The highest BCUT2D eigenvalue weighted by Gasteiger charge is 2.13. The van der Waals surface area contributed by atoms with Crippen molar-refractivity contribution < 1.29 is 23.1 Å². The first-order valence-electron chi connectivity index (χ1n) is 8.88. The number of nitrogens with one attached hydrogen (secondary N) is 2. The van der Waals surface area contributed by atoms with Gasteiger partial charge in [-0.1, -0.05) is 30.3 Å². The molecule has 29 heavy (non-hydrogen) atoms. The number of rotatable bonds is 7. The van der Waals surface area contributed by atoms with Crippen molar-refractivity contribution in [1.82, 2.24) is 5.32 Å². The van der Waals surface area contributed by atoms with Gasteiger partial charge in [-0.25, -0.2) is 8.78 Å². The number of carbonyl (C=O) groups excluding carboxylic acids is 2. The molecule has 0 heterocycles. The third-order valence-electron chi connectivity index (χ3n) is 3.95. The molecular weight excluding hydrogens is 378 g/mol. The van der Waals surface area contributed by atoms with E-state index in [1.54, 1.807) is 36.4 Å². The summed E-state index contributed by atoms with van der Waals surface area (Å²) < 4.78 is 32.3. The topological polar surface area (TPSA) is 67.4 Å². The maximum absolute atomic E-state index is 13.6. The normalized spacial score (nSPS) is 10.3. The minimum atomic E-state index is -0.959. The minimum absolute atomic E-state index is 0.0107. The van der Waals surface area contributed by atoms with Crippen molar-refractivity contribution in [1.29, 1.82) is 0 Å². The molecule has 2 N–H and O–H groups in total. The smallest absolute Gasteiger partial charge is 0.254 e. The van der Waals surface area contributed by atoms with Crippen molar-refractivity contribution >= 4 is 17.5 Å². The Hall–Kier alpha value is -3.74. The van der Waals surface area contributed by atoms with Gasteiger partial charge in [0.1, 0.15) is 17.4 Å². The molecule has 0 unspecified atom stereocenters. The van der Waals surface area contributed by atoms with Crippen molar-refractivity contribution in [3.63, 3.8) is 0 Å². The lowest BCUT2D eigenvalue weighted by Crippen LogP contribution is -2.28. The quantitative estimate of drug-likeness (QED) is 0.617. The second-order valence-corrected chi connectivity index (χ2v) is 6.09. The van der Waals surface area contributed by atoms with Gasteiger partial charge in [0.2, 0.25) is 5.91 Å². The summed E-state index contributed by atoms with van der Waals surface area (Å²) in [6.45, 7) is -0.0107. The maximum Gasteiger partial charge on any atom is 0.254 e. The van der Waals surface area contributed by atoms with Gasteiger partial charge < -0.3 is 15.4 Å². The van der Waals surface area contributed by atoms with E-state index in [1.807, 2.05) is 18.2 Å². The number of halogens is 2. The zero-order valence-electron chi connectivity index (χ0n) is 15.3. The Morgan fingerprint density at radius 2 is 1.62 bits per heavy atom. The Labute approximate surface area is 166 Å². The lowest BCUT2D eigenvalue weighted by molar-refractivity contribution is -0.116. The van der Waals surface area contributed by atoms with Crippen LogP contribution >= 0.6 is 0 Å². The molecule has 0 aliphatic rings. The largest absolute Gasteiger partial charge is 0.455 e. The van der Waals surface area contributed by atoms with Crippen LogP contribution in [0.5, 0.6) is 11.5 Å². The Kier molecular flexibility index (Phi) is 6.52. The summed E-state index contributed by atoms with van der Waals surface area (Å²) in [4.78, 5) is 24.2. The van der Waals surface area contributed by atoms with Gasteiger partial charge in [-0.2, -0.15) is 0 Å². The minimum Gasteiger partial charge on any atom is -0.455 e. The SMILES string of the molecule is O=C(CCNC(=O)c1ccc(F)cc1F)Nc1ccccc1Oc1ccccc1. The number of ether oxygens (including phenoxy) is 1. The molecular formula is C22H18F2N2O3. The molecule has 0 fully saturated rings. The molecule has 0 aliphatic carbocycles. The lowest BCUT2D eigenvalue weighted by atomic mass is 10.2. The average Bonchev–Trinajstić information content (AvgIpc) is 2.70. The number of para-hydroxylation sites is 3. The van der Waals surface area contributed by atoms with Crippen LogP contribution in [-0.2, 0) is 4.79 Å². The van der Waals surface area contributed by atoms with Crippen LogP contribution in [0.3, 0.4) is 0 Å². The molecule has 0 aromatic heterocycles. The van der Waals surface area contributed by atoms with Gasteiger partial charge in [0.05, 0.1) is 11.3 Å². The van der Waals surface area contributed by atoms with Gasteiger partial charge in [0, 0.05) is 19.0 Å². The van der Waals surface area contributed by atoms with Crippen LogP contribution in [-0.4, -0.2) is 18.4 Å². The monoisotopic (exact) mass is 396 g/mol. The standard InChI is InChI=1S/C22H18F2N2O3/c23-15-10-11-17(18(24)14-15)22(28)25-13-12-21(27)26-19-8-4-5-9-20(19)29-16-6-2-1-3-7-16/h1-11,14H,12-13H2,(H,25,28)(H,26,27). The van der Waals surface area contributed by atoms with Crippen LogP contribution in [0, 0.1) is 11.6 Å². The summed E-state index contributed by atoms with van der Waals surface area (Å²) in [5.74, 6) is -1.70. The Morgan fingerprint density at radius 1 is 0.897 bits per heavy atom. The van der Waals surface area contributed by atoms with Crippen molar-refractivity contribution in [3.8, 4) is 11.5 Å². The summed E-state index contributed by atoms with van der Waals surface area (Å²) >= 11 is 0. The van der Waals surface area contributed by atoms with Crippen LogP contribution in [0.1, 0.15) is 16.8 Å². The second-order valence-electron chi connectivity index (χ2n) is 6.09. The first-order valence-corrected chi connectivity index (χ1v) is 8.88. The number of hydrogen-bond acceptors (Lipinski definition) is 3. The Bertz CT molecular complexity index is 1010. The first-order chi connectivity index (χ1) is 14.0. The van der Waals surface area contributed by atoms with E-state index in [9.17, 15) is 18.4 Å². The van der Waals surface area contributed by atoms with Gasteiger partial charge >= 0.3 is 0 Å². The zero-order valence-corrected chi connectivity index (χ0v) is 15.3. The van der Waals surface area contributed by atoms with E-state index < -0.39 is 17.5 Å². The first kappa shape index (κ1) is 20.0. The average molecular weight is 396 g/mol. The van der Waals surface area contributed by atoms with E-state index in [0.29, 0.717) is 23.3 Å². The summed E-state index contributed by atoms with van der Waals surface area (Å²) in [6, 6.07) is 18.8. The van der Waals surface area contributed by atoms with E-state index >= 15 is 0 Å². The Morgan fingerprint density at radius 3 is 2.38 bits per heavy atom. The van der Waals surface area contributed by atoms with Gasteiger partial charge in [-0.3, -0.25) is 9.59 Å². The maximum atomic E-state index is 13.6. The molecule has 3 aromatic rings. The highest BCUT2D eigenvalue weighted by atomic mass is 19.1. The predicted octanol–water partition coefficient (Wildman–Crippen LogP) is 4.52. The summed E-state index contributed by atoms with van der Waals surface area (Å²) in [5, 5.41) is 5.16. The van der Waals surface area contributed by atoms with Gasteiger partial charge in [0.15, 0.2) is 5.75 Å². The van der Waals surface area contributed by atoms with Crippen LogP contribution in [0.15, 0.2) is 72.8 Å². The van der Waals surface area contributed by atoms with E-state index in [4.69, 9.17) is 4.74 Å². The van der Waals surface area contributed by atoms with Crippen molar-refractivity contribution in [2.45, 2.75) is 6.42 Å². The number of amides is 2. The van der Waals surface area contributed by atoms with Crippen LogP contribution in [0.25, 0.3) is 0 Å². The van der Waals surface area contributed by atoms with Crippen LogP contribution in [0.2, 0.25) is 0 Å². The molecule has 0 saturated heterocycles. The van der Waals surface area contributed by atoms with Gasteiger partial charge in [0.25, 0.3) is 5.91 Å². The predicted molar refractivity (Wildman–Crippen MR) is 105 cm³/mol. The van der Waals surface area contributed by atoms with Crippen molar-refractivity contribution in [2.24, 2.45) is 0 Å². The molecule has 0 bridgehead atoms. The van der Waals surface area contributed by atoms with E-state index in [0.717, 1.165) is 12.1 Å². The fourth-order valence-corrected chi connectivity index (χ4v) is 2.55. The van der Waals surface area contributed by atoms with Gasteiger partial charge in [-0.05, 0) is 36.4 Å². The molecule has 148 valence electrons. The molecule has 0 radical (unpaired) electrons. The van der Waals surface area contributed by atoms with Crippen LogP contribution in [0.4, 0.5) is 14.5 Å². The number of hydrogen-bond donors (Lipinski definition) is 2. The summed E-state index contributed by atoms with van der Waals surface area (Å²) in [7, 11) is 0. The summed E-state index contributed by atoms with van der Waals surface area (Å²) in [6.07, 6.45) is -0.0335. The molecule has 0 spiro atoms. The molecule has 0 aliphatic heterocycles. The van der Waals surface area contributed by atoms with Crippen LogP contribution < -0.4 is 15.4 Å². The molecule has 0 atom stereocenters. The number of anilines is 1. The van der Waals surface area contributed by atoms with E-state index in [-0.39, 0.29) is 24.4 Å². The molecule has 3 aromatic carbocycles. The second kappa shape index (κ2) is 9.45. The fraction of sp³-hybridized carbons (Fsp3) is 0.0909. The highest BCUT2D eigenvalue weighted by molar-refractivity contribution is 5.95. The van der Waals surface area contributed by atoms with Gasteiger partial charge in [-0.15, -0.1) is 0 Å². The highest BCUT2D eigenvalue weighted by Crippen LogP contribution is 2.29. The lowest BCUT2D eigenvalue weighted by Gasteiger charge is -2.12. The summed E-state index contributed by atoms with van der Waals surface area (Å²) in [5.41, 5.74) is 0.200.